The van der Waals surface area contributed by atoms with Gasteiger partial charge in [0, 0.05) is 24.4 Å². The quantitative estimate of drug-likeness (QED) is 0.532. The van der Waals surface area contributed by atoms with E-state index in [1.165, 1.54) is 16.7 Å². The number of carboxylic acid groups (broad SMARTS) is 1. The molecule has 0 aromatic carbocycles. The van der Waals surface area contributed by atoms with Gasteiger partial charge in [-0.05, 0) is 13.8 Å². The maximum atomic E-state index is 12.0. The van der Waals surface area contributed by atoms with Crippen LogP contribution in [0.25, 0.3) is 0 Å². The maximum Gasteiger partial charge on any atom is 0.352 e. The first-order valence-electron chi connectivity index (χ1n) is 8.23. The lowest BCUT2D eigenvalue weighted by Gasteiger charge is -2.47. The highest BCUT2D eigenvalue weighted by atomic mass is 32.2. The van der Waals surface area contributed by atoms with Crippen molar-refractivity contribution < 1.29 is 19.3 Å². The molecule has 1 aromatic rings. The number of aromatic nitrogens is 2. The molecule has 25 heavy (non-hydrogen) atoms. The first-order chi connectivity index (χ1) is 12.0. The summed E-state index contributed by atoms with van der Waals surface area (Å²) in [6, 6.07) is -0.608. The zero-order chi connectivity index (χ0) is 18.1. The molecule has 0 saturated carbocycles. The van der Waals surface area contributed by atoms with Gasteiger partial charge >= 0.3 is 5.97 Å². The van der Waals surface area contributed by atoms with E-state index < -0.39 is 12.0 Å². The van der Waals surface area contributed by atoms with E-state index in [2.05, 4.69) is 23.7 Å². The van der Waals surface area contributed by atoms with Crippen LogP contribution in [0, 0.1) is 0 Å². The van der Waals surface area contributed by atoms with Crippen LogP contribution in [0.4, 0.5) is 5.82 Å². The number of rotatable bonds is 6. The summed E-state index contributed by atoms with van der Waals surface area (Å²) in [6.45, 7) is 6.20. The second-order valence-corrected chi connectivity index (χ2v) is 7.06. The molecule has 1 fully saturated rings. The summed E-state index contributed by atoms with van der Waals surface area (Å²) in [7, 11) is 0. The third kappa shape index (κ3) is 3.09. The van der Waals surface area contributed by atoms with Crippen LogP contribution < -0.4 is 15.2 Å². The minimum Gasteiger partial charge on any atom is -0.477 e. The number of carbonyl (C=O) groups excluding carboxylic acids is 1. The van der Waals surface area contributed by atoms with Gasteiger partial charge in [-0.1, -0.05) is 0 Å². The second kappa shape index (κ2) is 7.01. The minimum absolute atomic E-state index is 0.0733. The SMILES string of the molecule is CCN(CC)c1c[n+](CC2=C(C(=O)O)N3C(=O)C(N)[C@@H]3SC2)ccn1. The molecule has 2 aliphatic heterocycles. The second-order valence-electron chi connectivity index (χ2n) is 5.95. The van der Waals surface area contributed by atoms with Crippen LogP contribution in [0.1, 0.15) is 13.8 Å². The summed E-state index contributed by atoms with van der Waals surface area (Å²) in [5, 5.41) is 9.33. The lowest BCUT2D eigenvalue weighted by atomic mass is 10.0. The van der Waals surface area contributed by atoms with Crippen molar-refractivity contribution in [1.82, 2.24) is 9.88 Å². The summed E-state index contributed by atoms with van der Waals surface area (Å²) < 4.78 is 1.91. The fraction of sp³-hybridized carbons (Fsp3) is 0.500. The van der Waals surface area contributed by atoms with E-state index in [1.54, 1.807) is 12.4 Å². The molecule has 8 nitrogen and oxygen atoms in total. The molecular weight excluding hydrogens is 342 g/mol. The van der Waals surface area contributed by atoms with Gasteiger partial charge in [0.05, 0.1) is 6.20 Å². The molecular formula is C16H22N5O3S+. The smallest absolute Gasteiger partial charge is 0.352 e. The number of β-lactam (4-membered cyclic amide) rings is 1. The van der Waals surface area contributed by atoms with Crippen molar-refractivity contribution >= 4 is 29.5 Å². The molecule has 2 atom stereocenters. The van der Waals surface area contributed by atoms with E-state index in [4.69, 9.17) is 5.73 Å². The Hall–Kier alpha value is -2.13. The first-order valence-corrected chi connectivity index (χ1v) is 9.28. The van der Waals surface area contributed by atoms with Gasteiger partial charge in [0.1, 0.15) is 17.1 Å². The highest BCUT2D eigenvalue weighted by molar-refractivity contribution is 8.00. The van der Waals surface area contributed by atoms with Gasteiger partial charge in [0.15, 0.2) is 18.6 Å². The number of nitrogens with two attached hydrogens (primary N) is 1. The van der Waals surface area contributed by atoms with Crippen LogP contribution in [0.2, 0.25) is 0 Å². The molecule has 3 rings (SSSR count). The highest BCUT2D eigenvalue weighted by Gasteiger charge is 2.52. The zero-order valence-corrected chi connectivity index (χ0v) is 15.1. The van der Waals surface area contributed by atoms with Gasteiger partial charge in [-0.15, -0.1) is 11.8 Å². The van der Waals surface area contributed by atoms with Crippen molar-refractivity contribution in [2.75, 3.05) is 23.7 Å². The molecule has 1 unspecified atom stereocenters. The molecule has 134 valence electrons. The number of nitrogens with zero attached hydrogens (tertiary/aromatic N) is 4. The molecule has 2 aliphatic rings. The van der Waals surface area contributed by atoms with Crippen LogP contribution in [-0.2, 0) is 16.1 Å². The van der Waals surface area contributed by atoms with Crippen molar-refractivity contribution in [3.8, 4) is 0 Å². The predicted molar refractivity (Wildman–Crippen MR) is 93.7 cm³/mol. The number of thioether (sulfide) groups is 1. The van der Waals surface area contributed by atoms with Crippen LogP contribution >= 0.6 is 11.8 Å². The molecule has 1 saturated heterocycles. The van der Waals surface area contributed by atoms with Crippen LogP contribution in [0.15, 0.2) is 29.9 Å². The number of fused-ring (bicyclic) bond motifs is 1. The number of hydrogen-bond acceptors (Lipinski definition) is 6. The number of aliphatic carboxylic acids is 1. The lowest BCUT2D eigenvalue weighted by molar-refractivity contribution is -0.688. The van der Waals surface area contributed by atoms with Gasteiger partial charge in [0.25, 0.3) is 0 Å². The normalized spacial score (nSPS) is 22.5. The van der Waals surface area contributed by atoms with E-state index in [-0.39, 0.29) is 17.0 Å². The third-order valence-electron chi connectivity index (χ3n) is 4.50. The van der Waals surface area contributed by atoms with Gasteiger partial charge < -0.3 is 15.7 Å². The average Bonchev–Trinajstić information content (AvgIpc) is 2.62. The average molecular weight is 364 g/mol. The Morgan fingerprint density at radius 3 is 2.88 bits per heavy atom. The standard InChI is InChI=1S/C16H21N5O3S/c1-3-20(4-2)11-8-19(6-5-18-11)7-10-9-25-15-12(17)14(22)21(15)13(10)16(23)24/h5-6,8,12,15H,3-4,7,9,17H2,1-2H3/p+1/t12?,15-/m0/s1. The van der Waals surface area contributed by atoms with E-state index >= 15 is 0 Å². The first kappa shape index (κ1) is 17.7. The summed E-state index contributed by atoms with van der Waals surface area (Å²) in [4.78, 5) is 31.5. The molecule has 3 heterocycles. The van der Waals surface area contributed by atoms with E-state index in [1.807, 2.05) is 10.8 Å². The maximum absolute atomic E-state index is 12.0. The molecule has 1 aromatic heterocycles. The fourth-order valence-corrected chi connectivity index (χ4v) is 4.43. The van der Waals surface area contributed by atoms with Crippen LogP contribution in [-0.4, -0.2) is 57.1 Å². The molecule has 0 radical (unpaired) electrons. The van der Waals surface area contributed by atoms with E-state index in [0.29, 0.717) is 17.9 Å². The van der Waals surface area contributed by atoms with E-state index in [0.717, 1.165) is 18.9 Å². The van der Waals surface area contributed by atoms with Crippen molar-refractivity contribution in [3.05, 3.63) is 29.9 Å². The molecule has 0 aliphatic carbocycles. The summed E-state index contributed by atoms with van der Waals surface area (Å²) in [6.07, 6.45) is 5.41. The predicted octanol–water partition coefficient (Wildman–Crippen LogP) is -0.204. The molecule has 3 N–H and O–H groups in total. The molecule has 0 spiro atoms. The number of amides is 1. The number of hydrogen-bond donors (Lipinski definition) is 2. The minimum atomic E-state index is -1.08. The Balaban J connectivity index is 1.90. The third-order valence-corrected chi connectivity index (χ3v) is 5.86. The highest BCUT2D eigenvalue weighted by Crippen LogP contribution is 2.39. The fourth-order valence-electron chi connectivity index (χ4n) is 3.15. The number of carboxylic acids is 1. The monoisotopic (exact) mass is 364 g/mol. The van der Waals surface area contributed by atoms with Gasteiger partial charge in [-0.25, -0.2) is 9.78 Å². The Kier molecular flexibility index (Phi) is 4.96. The van der Waals surface area contributed by atoms with Crippen molar-refractivity contribution in [2.45, 2.75) is 31.8 Å². The van der Waals surface area contributed by atoms with Crippen molar-refractivity contribution in [2.24, 2.45) is 5.73 Å². The Bertz CT molecular complexity index is 734. The molecule has 1 amide bonds. The molecule has 0 bridgehead atoms. The Labute approximate surface area is 150 Å². The van der Waals surface area contributed by atoms with E-state index in [9.17, 15) is 14.7 Å². The number of anilines is 1. The van der Waals surface area contributed by atoms with Gasteiger partial charge in [-0.2, -0.15) is 4.57 Å². The zero-order valence-electron chi connectivity index (χ0n) is 14.3. The largest absolute Gasteiger partial charge is 0.477 e. The van der Waals surface area contributed by atoms with Gasteiger partial charge in [-0.3, -0.25) is 9.69 Å². The Morgan fingerprint density at radius 1 is 1.52 bits per heavy atom. The summed E-state index contributed by atoms with van der Waals surface area (Å²) >= 11 is 1.51. The number of carbonyl (C=O) groups is 2. The summed E-state index contributed by atoms with van der Waals surface area (Å²) in [5.41, 5.74) is 6.55. The van der Waals surface area contributed by atoms with Gasteiger partial charge in [0.2, 0.25) is 12.1 Å². The van der Waals surface area contributed by atoms with Crippen LogP contribution in [0.5, 0.6) is 0 Å². The molecule has 9 heteroatoms. The van der Waals surface area contributed by atoms with Crippen molar-refractivity contribution in [3.63, 3.8) is 0 Å². The summed E-state index contributed by atoms with van der Waals surface area (Å²) in [5.74, 6) is -0.0251. The lowest BCUT2D eigenvalue weighted by Crippen LogP contribution is -2.68. The topological polar surface area (TPSA) is 104 Å². The Morgan fingerprint density at radius 2 is 2.24 bits per heavy atom. The van der Waals surface area contributed by atoms with Crippen molar-refractivity contribution in [1.29, 1.82) is 0 Å². The van der Waals surface area contributed by atoms with Crippen LogP contribution in [0.3, 0.4) is 0 Å².